The molecule has 1 spiro atoms. The van der Waals surface area contributed by atoms with Crippen LogP contribution in [0.25, 0.3) is 0 Å². The van der Waals surface area contributed by atoms with Gasteiger partial charge < -0.3 is 20.5 Å². The van der Waals surface area contributed by atoms with Gasteiger partial charge in [-0.2, -0.15) is 0 Å². The summed E-state index contributed by atoms with van der Waals surface area (Å²) < 4.78 is 6.38. The molecule has 2 aromatic heterocycles. The van der Waals surface area contributed by atoms with Crippen LogP contribution in [0.2, 0.25) is 0 Å². The zero-order valence-electron chi connectivity index (χ0n) is 21.1. The standard InChI is InChI=1S/C28H38N4O3/c1-5-8-22(32-25(34)20-9-6-12-29-17-20)24(33)18-30-23-15-28(10-7-11-28)35-26-21(23)13-19(16-31-26)14-27(2,3)4/h5-6,9,12-13,16-17,22-24,30,33H,1,7-8,10-11,14-15,18H2,2-4H3,(H,32,34)/t22-,23-,24+/m0/s1. The average molecular weight is 479 g/mol. The Kier molecular flexibility index (Phi) is 7.57. The fraction of sp³-hybridized carbons (Fsp3) is 0.536. The second-order valence-corrected chi connectivity index (χ2v) is 11.2. The molecular formula is C28H38N4O3. The summed E-state index contributed by atoms with van der Waals surface area (Å²) >= 11 is 0. The summed E-state index contributed by atoms with van der Waals surface area (Å²) in [5.41, 5.74) is 2.69. The Morgan fingerprint density at radius 1 is 1.37 bits per heavy atom. The summed E-state index contributed by atoms with van der Waals surface area (Å²) in [6.07, 6.45) is 11.4. The van der Waals surface area contributed by atoms with Crippen LogP contribution in [0.5, 0.6) is 5.88 Å². The molecule has 1 amide bonds. The molecule has 1 aliphatic carbocycles. The Bertz CT molecular complexity index is 1030. The van der Waals surface area contributed by atoms with E-state index in [-0.39, 0.29) is 23.0 Å². The molecule has 7 heteroatoms. The SMILES string of the molecule is C=CC[C@H](NC(=O)c1cccnc1)[C@H](O)CN[C@H]1CC2(CCC2)Oc2ncc(CC(C)(C)C)cc21. The lowest BCUT2D eigenvalue weighted by atomic mass is 9.73. The fourth-order valence-corrected chi connectivity index (χ4v) is 4.99. The first-order valence-corrected chi connectivity index (χ1v) is 12.6. The number of hydrogen-bond acceptors (Lipinski definition) is 6. The van der Waals surface area contributed by atoms with Gasteiger partial charge >= 0.3 is 0 Å². The van der Waals surface area contributed by atoms with Crippen LogP contribution < -0.4 is 15.4 Å². The number of aromatic nitrogens is 2. The molecule has 1 fully saturated rings. The first kappa shape index (κ1) is 25.3. The third kappa shape index (κ3) is 6.27. The van der Waals surface area contributed by atoms with Gasteiger partial charge in [0, 0.05) is 43.2 Å². The number of carbonyl (C=O) groups excluding carboxylic acids is 1. The largest absolute Gasteiger partial charge is 0.471 e. The number of nitrogens with one attached hydrogen (secondary N) is 2. The number of aliphatic hydroxyl groups is 1. The van der Waals surface area contributed by atoms with Crippen molar-refractivity contribution in [3.05, 3.63) is 66.1 Å². The summed E-state index contributed by atoms with van der Waals surface area (Å²) in [4.78, 5) is 21.3. The molecule has 0 bridgehead atoms. The highest BCUT2D eigenvalue weighted by Crippen LogP contribution is 2.48. The van der Waals surface area contributed by atoms with E-state index < -0.39 is 12.1 Å². The molecule has 0 saturated heterocycles. The number of rotatable bonds is 9. The van der Waals surface area contributed by atoms with Gasteiger partial charge in [0.1, 0.15) is 5.60 Å². The third-order valence-corrected chi connectivity index (χ3v) is 6.90. The summed E-state index contributed by atoms with van der Waals surface area (Å²) in [5, 5.41) is 17.5. The van der Waals surface area contributed by atoms with E-state index >= 15 is 0 Å². The van der Waals surface area contributed by atoms with E-state index in [4.69, 9.17) is 9.72 Å². The maximum atomic E-state index is 12.6. The average Bonchev–Trinajstić information content (AvgIpc) is 2.80. The van der Waals surface area contributed by atoms with Gasteiger partial charge in [-0.05, 0) is 61.3 Å². The van der Waals surface area contributed by atoms with Crippen molar-refractivity contribution in [1.29, 1.82) is 0 Å². The van der Waals surface area contributed by atoms with Gasteiger partial charge in [0.15, 0.2) is 0 Å². The maximum Gasteiger partial charge on any atom is 0.253 e. The van der Waals surface area contributed by atoms with Crippen molar-refractivity contribution < 1.29 is 14.6 Å². The van der Waals surface area contributed by atoms with Gasteiger partial charge in [-0.25, -0.2) is 4.98 Å². The molecule has 0 aromatic carbocycles. The highest BCUT2D eigenvalue weighted by Gasteiger charge is 2.46. The van der Waals surface area contributed by atoms with Gasteiger partial charge in [-0.3, -0.25) is 9.78 Å². The zero-order valence-corrected chi connectivity index (χ0v) is 21.1. The Hall–Kier alpha value is -2.77. The first-order chi connectivity index (χ1) is 16.7. The summed E-state index contributed by atoms with van der Waals surface area (Å²) in [6, 6.07) is 5.19. The lowest BCUT2D eigenvalue weighted by Gasteiger charge is -2.47. The number of nitrogens with zero attached hydrogens (tertiary/aromatic N) is 2. The Labute approximate surface area is 208 Å². The summed E-state index contributed by atoms with van der Waals surface area (Å²) in [5.74, 6) is 0.443. The molecule has 0 unspecified atom stereocenters. The van der Waals surface area contributed by atoms with Crippen molar-refractivity contribution in [2.24, 2.45) is 5.41 Å². The van der Waals surface area contributed by atoms with E-state index in [9.17, 15) is 9.90 Å². The third-order valence-electron chi connectivity index (χ3n) is 6.90. The lowest BCUT2D eigenvalue weighted by molar-refractivity contribution is -0.0420. The molecular weight excluding hydrogens is 440 g/mol. The van der Waals surface area contributed by atoms with Crippen LogP contribution in [0.4, 0.5) is 0 Å². The van der Waals surface area contributed by atoms with E-state index in [0.29, 0.717) is 24.4 Å². The van der Waals surface area contributed by atoms with Gasteiger partial charge in [0.2, 0.25) is 5.88 Å². The molecule has 4 rings (SSSR count). The number of hydrogen-bond donors (Lipinski definition) is 3. The number of pyridine rings is 2. The minimum absolute atomic E-state index is 0.0273. The normalized spacial score (nSPS) is 20.2. The second-order valence-electron chi connectivity index (χ2n) is 11.2. The summed E-state index contributed by atoms with van der Waals surface area (Å²) in [7, 11) is 0. The molecule has 2 aromatic rings. The van der Waals surface area contributed by atoms with Crippen LogP contribution >= 0.6 is 0 Å². The van der Waals surface area contributed by atoms with Crippen molar-refractivity contribution in [2.75, 3.05) is 6.54 Å². The smallest absolute Gasteiger partial charge is 0.253 e. The van der Waals surface area contributed by atoms with Crippen molar-refractivity contribution in [1.82, 2.24) is 20.6 Å². The van der Waals surface area contributed by atoms with Gasteiger partial charge in [0.25, 0.3) is 5.91 Å². The molecule has 0 radical (unpaired) electrons. The Morgan fingerprint density at radius 2 is 2.17 bits per heavy atom. The Balaban J connectivity index is 1.47. The predicted octanol–water partition coefficient (Wildman–Crippen LogP) is 4.14. The van der Waals surface area contributed by atoms with Crippen LogP contribution in [-0.2, 0) is 6.42 Å². The molecule has 188 valence electrons. The van der Waals surface area contributed by atoms with Crippen molar-refractivity contribution in [3.63, 3.8) is 0 Å². The van der Waals surface area contributed by atoms with Crippen LogP contribution in [0, 0.1) is 5.41 Å². The van der Waals surface area contributed by atoms with E-state index in [1.807, 2.05) is 6.20 Å². The van der Waals surface area contributed by atoms with Crippen LogP contribution in [0.15, 0.2) is 49.4 Å². The number of fused-ring (bicyclic) bond motifs is 1. The van der Waals surface area contributed by atoms with Gasteiger partial charge in [-0.1, -0.05) is 26.8 Å². The molecule has 1 aliphatic heterocycles. The van der Waals surface area contributed by atoms with E-state index in [0.717, 1.165) is 37.7 Å². The monoisotopic (exact) mass is 478 g/mol. The molecule has 2 aliphatic rings. The fourth-order valence-electron chi connectivity index (χ4n) is 4.99. The number of aliphatic hydroxyl groups excluding tert-OH is 1. The summed E-state index contributed by atoms with van der Waals surface area (Å²) in [6.45, 7) is 10.8. The van der Waals surface area contributed by atoms with Gasteiger partial charge in [-0.15, -0.1) is 6.58 Å². The molecule has 3 atom stereocenters. The number of ether oxygens (including phenoxy) is 1. The molecule has 1 saturated carbocycles. The molecule has 35 heavy (non-hydrogen) atoms. The highest BCUT2D eigenvalue weighted by atomic mass is 16.5. The maximum absolute atomic E-state index is 12.6. The second kappa shape index (κ2) is 10.5. The lowest BCUT2D eigenvalue weighted by Crippen LogP contribution is -2.52. The van der Waals surface area contributed by atoms with E-state index in [1.165, 1.54) is 11.8 Å². The number of carbonyl (C=O) groups is 1. The van der Waals surface area contributed by atoms with Crippen molar-refractivity contribution in [2.45, 2.75) is 83.1 Å². The quantitative estimate of drug-likeness (QED) is 0.469. The van der Waals surface area contributed by atoms with Gasteiger partial charge in [0.05, 0.1) is 17.7 Å². The van der Waals surface area contributed by atoms with E-state index in [2.05, 4.69) is 49.0 Å². The van der Waals surface area contributed by atoms with Crippen molar-refractivity contribution >= 4 is 5.91 Å². The molecule has 3 heterocycles. The zero-order chi connectivity index (χ0) is 25.1. The van der Waals surface area contributed by atoms with Crippen LogP contribution in [0.1, 0.15) is 80.4 Å². The van der Waals surface area contributed by atoms with Crippen molar-refractivity contribution in [3.8, 4) is 5.88 Å². The molecule has 7 nitrogen and oxygen atoms in total. The molecule has 3 N–H and O–H groups in total. The Morgan fingerprint density at radius 3 is 2.80 bits per heavy atom. The minimum Gasteiger partial charge on any atom is -0.471 e. The van der Waals surface area contributed by atoms with E-state index in [1.54, 1.807) is 24.4 Å². The predicted molar refractivity (Wildman–Crippen MR) is 136 cm³/mol. The topological polar surface area (TPSA) is 96.4 Å². The van der Waals surface area contributed by atoms with Crippen LogP contribution in [0.3, 0.4) is 0 Å². The highest BCUT2D eigenvalue weighted by molar-refractivity contribution is 5.94. The minimum atomic E-state index is -0.789. The van der Waals surface area contributed by atoms with Crippen LogP contribution in [-0.4, -0.2) is 45.3 Å². The first-order valence-electron chi connectivity index (χ1n) is 12.6. The number of amides is 1.